The van der Waals surface area contributed by atoms with Crippen molar-refractivity contribution in [3.63, 3.8) is 0 Å². The van der Waals surface area contributed by atoms with E-state index in [1.54, 1.807) is 30.1 Å². The fourth-order valence-electron chi connectivity index (χ4n) is 2.85. The SMILES string of the molecule is CC[C@@H](C(=O)NC)N(Cc1c(Cl)cccc1Cl)C(=O)CSCc1ccccc1. The molecule has 4 nitrogen and oxygen atoms in total. The number of amides is 2. The van der Waals surface area contributed by atoms with Crippen LogP contribution in [-0.4, -0.2) is 35.6 Å². The highest BCUT2D eigenvalue weighted by Gasteiger charge is 2.28. The Bertz CT molecular complexity index is 782. The molecular weight excluding hydrogens is 415 g/mol. The van der Waals surface area contributed by atoms with Crippen LogP contribution in [0.5, 0.6) is 0 Å². The van der Waals surface area contributed by atoms with Crippen molar-refractivity contribution in [2.45, 2.75) is 31.7 Å². The van der Waals surface area contributed by atoms with Gasteiger partial charge in [-0.2, -0.15) is 0 Å². The molecule has 0 saturated heterocycles. The van der Waals surface area contributed by atoms with Gasteiger partial charge in [0.05, 0.1) is 5.75 Å². The number of carbonyl (C=O) groups is 2. The fraction of sp³-hybridized carbons (Fsp3) is 0.333. The van der Waals surface area contributed by atoms with Gasteiger partial charge in [0.2, 0.25) is 11.8 Å². The Kier molecular flexibility index (Phi) is 9.16. The summed E-state index contributed by atoms with van der Waals surface area (Å²) in [5, 5.41) is 3.60. The summed E-state index contributed by atoms with van der Waals surface area (Å²) >= 11 is 14.1. The highest BCUT2D eigenvalue weighted by atomic mass is 35.5. The van der Waals surface area contributed by atoms with E-state index in [2.05, 4.69) is 5.32 Å². The zero-order valence-electron chi connectivity index (χ0n) is 16.0. The lowest BCUT2D eigenvalue weighted by atomic mass is 10.1. The van der Waals surface area contributed by atoms with Crippen LogP contribution in [0.3, 0.4) is 0 Å². The van der Waals surface area contributed by atoms with E-state index < -0.39 is 6.04 Å². The van der Waals surface area contributed by atoms with Gasteiger partial charge in [0.15, 0.2) is 0 Å². The van der Waals surface area contributed by atoms with Gasteiger partial charge >= 0.3 is 0 Å². The number of rotatable bonds is 9. The van der Waals surface area contributed by atoms with E-state index in [0.717, 1.165) is 11.3 Å². The highest BCUT2D eigenvalue weighted by molar-refractivity contribution is 7.99. The molecule has 0 aromatic heterocycles. The monoisotopic (exact) mass is 438 g/mol. The van der Waals surface area contributed by atoms with Crippen molar-refractivity contribution in [1.29, 1.82) is 0 Å². The molecule has 0 bridgehead atoms. The van der Waals surface area contributed by atoms with Crippen LogP contribution in [0.2, 0.25) is 10.0 Å². The van der Waals surface area contributed by atoms with Crippen molar-refractivity contribution in [2.75, 3.05) is 12.8 Å². The molecule has 0 radical (unpaired) electrons. The van der Waals surface area contributed by atoms with Crippen LogP contribution in [0.4, 0.5) is 0 Å². The predicted molar refractivity (Wildman–Crippen MR) is 118 cm³/mol. The summed E-state index contributed by atoms with van der Waals surface area (Å²) in [6.07, 6.45) is 0.497. The quantitative estimate of drug-likeness (QED) is 0.612. The Hall–Kier alpha value is -1.69. The Balaban J connectivity index is 2.17. The number of thioether (sulfide) groups is 1. The molecular formula is C21H24Cl2N2O2S. The van der Waals surface area contributed by atoms with Gasteiger partial charge in [-0.05, 0) is 24.1 Å². The van der Waals surface area contributed by atoms with E-state index in [4.69, 9.17) is 23.2 Å². The third-order valence-electron chi connectivity index (χ3n) is 4.36. The highest BCUT2D eigenvalue weighted by Crippen LogP contribution is 2.27. The van der Waals surface area contributed by atoms with Gasteiger partial charge in [-0.25, -0.2) is 0 Å². The van der Waals surface area contributed by atoms with Gasteiger partial charge in [0.1, 0.15) is 6.04 Å². The third kappa shape index (κ3) is 6.16. The van der Waals surface area contributed by atoms with Gasteiger partial charge in [-0.15, -0.1) is 11.8 Å². The minimum Gasteiger partial charge on any atom is -0.357 e. The molecule has 0 aliphatic carbocycles. The first-order chi connectivity index (χ1) is 13.5. The molecule has 0 unspecified atom stereocenters. The lowest BCUT2D eigenvalue weighted by molar-refractivity contribution is -0.139. The molecule has 0 aliphatic heterocycles. The number of halogens is 2. The van der Waals surface area contributed by atoms with E-state index in [-0.39, 0.29) is 24.1 Å². The fourth-order valence-corrected chi connectivity index (χ4v) is 4.24. The lowest BCUT2D eigenvalue weighted by Crippen LogP contribution is -2.48. The van der Waals surface area contributed by atoms with E-state index in [9.17, 15) is 9.59 Å². The second kappa shape index (κ2) is 11.3. The first-order valence-corrected chi connectivity index (χ1v) is 10.9. The maximum Gasteiger partial charge on any atom is 0.242 e. The molecule has 0 saturated carbocycles. The number of hydrogen-bond donors (Lipinski definition) is 1. The van der Waals surface area contributed by atoms with Crippen molar-refractivity contribution in [2.24, 2.45) is 0 Å². The zero-order valence-corrected chi connectivity index (χ0v) is 18.3. The number of hydrogen-bond acceptors (Lipinski definition) is 3. The first-order valence-electron chi connectivity index (χ1n) is 9.03. The Morgan fingerprint density at radius 3 is 2.29 bits per heavy atom. The summed E-state index contributed by atoms with van der Waals surface area (Å²) < 4.78 is 0. The van der Waals surface area contributed by atoms with Crippen molar-refractivity contribution in [1.82, 2.24) is 10.2 Å². The van der Waals surface area contributed by atoms with Crippen LogP contribution in [0.15, 0.2) is 48.5 Å². The molecule has 1 N–H and O–H groups in total. The molecule has 1 atom stereocenters. The van der Waals surface area contributed by atoms with Gasteiger partial charge < -0.3 is 10.2 Å². The summed E-state index contributed by atoms with van der Waals surface area (Å²) in [7, 11) is 1.57. The minimum atomic E-state index is -0.581. The Morgan fingerprint density at radius 1 is 1.07 bits per heavy atom. The maximum absolute atomic E-state index is 13.0. The smallest absolute Gasteiger partial charge is 0.242 e. The van der Waals surface area contributed by atoms with Gasteiger partial charge in [-0.3, -0.25) is 9.59 Å². The average Bonchev–Trinajstić information content (AvgIpc) is 2.70. The van der Waals surface area contributed by atoms with Crippen LogP contribution in [0.1, 0.15) is 24.5 Å². The lowest BCUT2D eigenvalue weighted by Gasteiger charge is -2.30. The number of carbonyl (C=O) groups excluding carboxylic acids is 2. The Labute approximate surface area is 180 Å². The largest absolute Gasteiger partial charge is 0.357 e. The molecule has 0 spiro atoms. The zero-order chi connectivity index (χ0) is 20.5. The number of nitrogens with one attached hydrogen (secondary N) is 1. The van der Waals surface area contributed by atoms with Crippen LogP contribution >= 0.6 is 35.0 Å². The molecule has 0 heterocycles. The second-order valence-corrected chi connectivity index (χ2v) is 8.04. The number of nitrogens with zero attached hydrogens (tertiary/aromatic N) is 1. The summed E-state index contributed by atoms with van der Waals surface area (Å²) in [6, 6.07) is 14.6. The molecule has 7 heteroatoms. The average molecular weight is 439 g/mol. The maximum atomic E-state index is 13.0. The molecule has 0 fully saturated rings. The third-order valence-corrected chi connectivity index (χ3v) is 6.06. The normalized spacial score (nSPS) is 11.7. The van der Waals surface area contributed by atoms with Crippen molar-refractivity contribution in [3.8, 4) is 0 Å². The molecule has 150 valence electrons. The molecule has 0 aliphatic rings. The summed E-state index contributed by atoms with van der Waals surface area (Å²) in [4.78, 5) is 27.0. The molecule has 2 aromatic rings. The molecule has 2 amide bonds. The number of benzene rings is 2. The van der Waals surface area contributed by atoms with Crippen LogP contribution < -0.4 is 5.32 Å². The van der Waals surface area contributed by atoms with E-state index in [1.165, 1.54) is 11.8 Å². The minimum absolute atomic E-state index is 0.118. The standard InChI is InChI=1S/C21H24Cl2N2O2S/c1-3-19(21(27)24-2)25(12-16-17(22)10-7-11-18(16)23)20(26)14-28-13-15-8-5-4-6-9-15/h4-11,19H,3,12-14H2,1-2H3,(H,24,27)/t19-/m0/s1. The number of likely N-dealkylation sites (N-methyl/N-ethyl adjacent to an activating group) is 1. The van der Waals surface area contributed by atoms with Crippen LogP contribution in [-0.2, 0) is 21.9 Å². The van der Waals surface area contributed by atoms with Gasteiger partial charge in [-0.1, -0.05) is 66.5 Å². The predicted octanol–water partition coefficient (Wildman–Crippen LogP) is 4.78. The Morgan fingerprint density at radius 2 is 1.71 bits per heavy atom. The van der Waals surface area contributed by atoms with Gasteiger partial charge in [0, 0.05) is 35.0 Å². The first kappa shape index (κ1) is 22.6. The van der Waals surface area contributed by atoms with E-state index in [0.29, 0.717) is 22.0 Å². The summed E-state index contributed by atoms with van der Waals surface area (Å²) in [5.74, 6) is 0.675. The summed E-state index contributed by atoms with van der Waals surface area (Å²) in [5.41, 5.74) is 1.80. The molecule has 2 aromatic carbocycles. The van der Waals surface area contributed by atoms with E-state index >= 15 is 0 Å². The molecule has 2 rings (SSSR count). The van der Waals surface area contributed by atoms with Crippen molar-refractivity contribution < 1.29 is 9.59 Å². The van der Waals surface area contributed by atoms with Crippen molar-refractivity contribution >= 4 is 46.8 Å². The molecule has 28 heavy (non-hydrogen) atoms. The van der Waals surface area contributed by atoms with Crippen LogP contribution in [0, 0.1) is 0 Å². The topological polar surface area (TPSA) is 49.4 Å². The van der Waals surface area contributed by atoms with Crippen molar-refractivity contribution in [3.05, 3.63) is 69.7 Å². The summed E-state index contributed by atoms with van der Waals surface area (Å²) in [6.45, 7) is 2.07. The second-order valence-electron chi connectivity index (χ2n) is 6.24. The van der Waals surface area contributed by atoms with Crippen LogP contribution in [0.25, 0.3) is 0 Å². The van der Waals surface area contributed by atoms with E-state index in [1.807, 2.05) is 37.3 Å². The van der Waals surface area contributed by atoms with Gasteiger partial charge in [0.25, 0.3) is 0 Å².